The number of hydrogen-bond donors (Lipinski definition) is 1. The zero-order valence-electron chi connectivity index (χ0n) is 18.6. The van der Waals surface area contributed by atoms with Crippen molar-refractivity contribution in [3.05, 3.63) is 29.8 Å². The molecule has 0 bridgehead atoms. The van der Waals surface area contributed by atoms with Crippen molar-refractivity contribution in [2.45, 2.75) is 38.1 Å². The number of methoxy groups -OCH3 is 1. The second kappa shape index (κ2) is 8.80. The van der Waals surface area contributed by atoms with Gasteiger partial charge in [-0.05, 0) is 43.0 Å². The van der Waals surface area contributed by atoms with E-state index in [9.17, 15) is 19.2 Å². The number of carbonyl (C=O) groups is 4. The SMILES string of the molecule is COc1ccc(C(=O)N2CCN(C(=O)CN3C(=O)N[C@@]4(CCCC[C@@H]4C)C3=O)CC2)cc1. The summed E-state index contributed by atoms with van der Waals surface area (Å²) in [5.41, 5.74) is -0.296. The van der Waals surface area contributed by atoms with Gasteiger partial charge in [0.2, 0.25) is 5.91 Å². The van der Waals surface area contributed by atoms with Crippen LogP contribution in [0, 0.1) is 5.92 Å². The molecule has 0 aromatic heterocycles. The Balaban J connectivity index is 1.33. The minimum atomic E-state index is -0.862. The molecule has 5 amide bonds. The number of urea groups is 1. The Labute approximate surface area is 187 Å². The molecule has 1 N–H and O–H groups in total. The van der Waals surface area contributed by atoms with E-state index in [-0.39, 0.29) is 30.2 Å². The average molecular weight is 443 g/mol. The van der Waals surface area contributed by atoms with Gasteiger partial charge in [-0.15, -0.1) is 0 Å². The van der Waals surface area contributed by atoms with E-state index in [0.717, 1.165) is 24.2 Å². The topological polar surface area (TPSA) is 99.3 Å². The number of imide groups is 1. The fourth-order valence-electron chi connectivity index (χ4n) is 4.95. The summed E-state index contributed by atoms with van der Waals surface area (Å²) in [6.07, 6.45) is 3.44. The Hall–Kier alpha value is -3.10. The Bertz CT molecular complexity index is 909. The highest BCUT2D eigenvalue weighted by Crippen LogP contribution is 2.38. The highest BCUT2D eigenvalue weighted by atomic mass is 16.5. The third-order valence-corrected chi connectivity index (χ3v) is 7.05. The zero-order chi connectivity index (χ0) is 22.9. The van der Waals surface area contributed by atoms with E-state index in [0.29, 0.717) is 43.9 Å². The Morgan fingerprint density at radius 3 is 2.34 bits per heavy atom. The van der Waals surface area contributed by atoms with Crippen LogP contribution < -0.4 is 10.1 Å². The van der Waals surface area contributed by atoms with Crippen molar-refractivity contribution in [2.24, 2.45) is 5.92 Å². The number of hydrogen-bond acceptors (Lipinski definition) is 5. The molecule has 2 aliphatic heterocycles. The van der Waals surface area contributed by atoms with Crippen LogP contribution in [0.25, 0.3) is 0 Å². The molecule has 9 heteroatoms. The van der Waals surface area contributed by atoms with E-state index in [4.69, 9.17) is 4.74 Å². The highest BCUT2D eigenvalue weighted by Gasteiger charge is 2.55. The molecule has 2 heterocycles. The summed E-state index contributed by atoms with van der Waals surface area (Å²) < 4.78 is 5.12. The second-order valence-electron chi connectivity index (χ2n) is 8.84. The van der Waals surface area contributed by atoms with Gasteiger partial charge in [-0.2, -0.15) is 0 Å². The molecular formula is C23H30N4O5. The molecule has 1 saturated carbocycles. The largest absolute Gasteiger partial charge is 0.497 e. The molecule has 1 aromatic carbocycles. The molecule has 32 heavy (non-hydrogen) atoms. The van der Waals surface area contributed by atoms with Gasteiger partial charge in [-0.1, -0.05) is 19.8 Å². The molecule has 1 aromatic rings. The summed E-state index contributed by atoms with van der Waals surface area (Å²) >= 11 is 0. The molecule has 1 spiro atoms. The Kier molecular flexibility index (Phi) is 6.08. The van der Waals surface area contributed by atoms with Crippen molar-refractivity contribution in [3.8, 4) is 5.75 Å². The lowest BCUT2D eigenvalue weighted by Gasteiger charge is -2.37. The van der Waals surface area contributed by atoms with Gasteiger partial charge in [0.25, 0.3) is 11.8 Å². The highest BCUT2D eigenvalue weighted by molar-refractivity contribution is 6.09. The number of piperazine rings is 1. The predicted octanol–water partition coefficient (Wildman–Crippen LogP) is 1.48. The number of nitrogens with one attached hydrogen (secondary N) is 1. The van der Waals surface area contributed by atoms with Crippen LogP contribution in [0.2, 0.25) is 0 Å². The van der Waals surface area contributed by atoms with Crippen molar-refractivity contribution < 1.29 is 23.9 Å². The fourth-order valence-corrected chi connectivity index (χ4v) is 4.95. The minimum Gasteiger partial charge on any atom is -0.497 e. The van der Waals surface area contributed by atoms with Gasteiger partial charge in [-0.25, -0.2) is 4.79 Å². The van der Waals surface area contributed by atoms with Gasteiger partial charge in [0, 0.05) is 31.7 Å². The summed E-state index contributed by atoms with van der Waals surface area (Å²) in [6, 6.07) is 6.44. The molecule has 172 valence electrons. The lowest BCUT2D eigenvalue weighted by Crippen LogP contribution is -2.55. The maximum atomic E-state index is 13.1. The van der Waals surface area contributed by atoms with Crippen LogP contribution in [0.15, 0.2) is 24.3 Å². The summed E-state index contributed by atoms with van der Waals surface area (Å²) in [5.74, 6) is 0.0891. The molecule has 3 aliphatic rings. The van der Waals surface area contributed by atoms with Crippen LogP contribution in [0.1, 0.15) is 43.0 Å². The number of ether oxygens (including phenoxy) is 1. The summed E-state index contributed by atoms with van der Waals surface area (Å²) in [4.78, 5) is 55.6. The molecule has 3 fully saturated rings. The summed E-state index contributed by atoms with van der Waals surface area (Å²) in [7, 11) is 1.57. The maximum Gasteiger partial charge on any atom is 0.325 e. The standard InChI is InChI=1S/C23H30N4O5/c1-16-5-3-4-10-23(16)21(30)27(22(31)24-23)15-19(28)25-11-13-26(14-12-25)20(29)17-6-8-18(32-2)9-7-17/h6-9,16H,3-5,10-15H2,1-2H3,(H,24,31)/t16-,23+/m0/s1. The van der Waals surface area contributed by atoms with Crippen LogP contribution in [0.4, 0.5) is 4.79 Å². The summed E-state index contributed by atoms with van der Waals surface area (Å²) in [6.45, 7) is 3.26. The normalized spacial score (nSPS) is 25.8. The number of benzene rings is 1. The van der Waals surface area contributed by atoms with Crippen LogP contribution in [0.3, 0.4) is 0 Å². The molecule has 9 nitrogen and oxygen atoms in total. The molecule has 0 unspecified atom stereocenters. The van der Waals surface area contributed by atoms with Gasteiger partial charge in [0.15, 0.2) is 0 Å². The molecule has 1 aliphatic carbocycles. The van der Waals surface area contributed by atoms with E-state index in [2.05, 4.69) is 5.32 Å². The molecule has 4 rings (SSSR count). The minimum absolute atomic E-state index is 0.0558. The molecule has 2 saturated heterocycles. The maximum absolute atomic E-state index is 13.1. The van der Waals surface area contributed by atoms with E-state index < -0.39 is 11.6 Å². The number of amides is 5. The molecular weight excluding hydrogens is 412 g/mol. The molecule has 2 atom stereocenters. The predicted molar refractivity (Wildman–Crippen MR) is 116 cm³/mol. The van der Waals surface area contributed by atoms with Gasteiger partial charge >= 0.3 is 6.03 Å². The quantitative estimate of drug-likeness (QED) is 0.712. The lowest BCUT2D eigenvalue weighted by molar-refractivity contribution is -0.141. The first kappa shape index (κ1) is 22.1. The van der Waals surface area contributed by atoms with Crippen molar-refractivity contribution in [1.82, 2.24) is 20.0 Å². The van der Waals surface area contributed by atoms with Gasteiger partial charge < -0.3 is 19.9 Å². The van der Waals surface area contributed by atoms with E-state index >= 15 is 0 Å². The second-order valence-corrected chi connectivity index (χ2v) is 8.84. The van der Waals surface area contributed by atoms with Crippen LogP contribution >= 0.6 is 0 Å². The third-order valence-electron chi connectivity index (χ3n) is 7.05. The van der Waals surface area contributed by atoms with Gasteiger partial charge in [0.05, 0.1) is 7.11 Å². The van der Waals surface area contributed by atoms with E-state index in [1.54, 1.807) is 41.2 Å². The van der Waals surface area contributed by atoms with Gasteiger partial charge in [0.1, 0.15) is 17.8 Å². The van der Waals surface area contributed by atoms with Crippen molar-refractivity contribution in [2.75, 3.05) is 39.8 Å². The first-order valence-corrected chi connectivity index (χ1v) is 11.2. The zero-order valence-corrected chi connectivity index (χ0v) is 18.6. The van der Waals surface area contributed by atoms with Crippen molar-refractivity contribution >= 4 is 23.8 Å². The smallest absolute Gasteiger partial charge is 0.325 e. The first-order valence-electron chi connectivity index (χ1n) is 11.2. The van der Waals surface area contributed by atoms with E-state index in [1.807, 2.05) is 6.92 Å². The van der Waals surface area contributed by atoms with E-state index in [1.165, 1.54) is 0 Å². The number of carbonyl (C=O) groups excluding carboxylic acids is 4. The first-order chi connectivity index (χ1) is 15.4. The Morgan fingerprint density at radius 2 is 1.72 bits per heavy atom. The summed E-state index contributed by atoms with van der Waals surface area (Å²) in [5, 5.41) is 2.88. The monoisotopic (exact) mass is 442 g/mol. The Morgan fingerprint density at radius 1 is 1.06 bits per heavy atom. The molecule has 0 radical (unpaired) electrons. The number of rotatable bonds is 4. The lowest BCUT2D eigenvalue weighted by atomic mass is 9.73. The van der Waals surface area contributed by atoms with Crippen molar-refractivity contribution in [3.63, 3.8) is 0 Å². The average Bonchev–Trinajstić information content (AvgIpc) is 3.05. The third kappa shape index (κ3) is 3.91. The van der Waals surface area contributed by atoms with Crippen LogP contribution in [0.5, 0.6) is 5.75 Å². The fraction of sp³-hybridized carbons (Fsp3) is 0.565. The van der Waals surface area contributed by atoms with Gasteiger partial charge in [-0.3, -0.25) is 19.3 Å². The van der Waals surface area contributed by atoms with Crippen LogP contribution in [-0.4, -0.2) is 83.8 Å². The number of nitrogens with zero attached hydrogens (tertiary/aromatic N) is 3. The van der Waals surface area contributed by atoms with Crippen LogP contribution in [-0.2, 0) is 9.59 Å². The van der Waals surface area contributed by atoms with Crippen molar-refractivity contribution in [1.29, 1.82) is 0 Å².